The van der Waals surface area contributed by atoms with Gasteiger partial charge in [-0.05, 0) is 24.6 Å². The van der Waals surface area contributed by atoms with Crippen molar-refractivity contribution >= 4 is 17.3 Å². The molecule has 4 heteroatoms. The molecule has 0 aromatic heterocycles. The SMILES string of the molecule is CCCCCCCCCC(=O)Nc1ccc(N)cc1C#N. The molecule has 4 nitrogen and oxygen atoms in total. The van der Waals surface area contributed by atoms with Crippen molar-refractivity contribution < 1.29 is 4.79 Å². The maximum atomic E-state index is 11.8. The van der Waals surface area contributed by atoms with Crippen LogP contribution in [0.25, 0.3) is 0 Å². The van der Waals surface area contributed by atoms with Crippen LogP contribution in [-0.2, 0) is 4.79 Å². The number of hydrogen-bond donors (Lipinski definition) is 2. The van der Waals surface area contributed by atoms with Crippen LogP contribution in [0.5, 0.6) is 0 Å². The number of nitriles is 1. The molecule has 21 heavy (non-hydrogen) atoms. The minimum absolute atomic E-state index is 0.0372. The molecule has 0 atom stereocenters. The zero-order valence-electron chi connectivity index (χ0n) is 12.8. The second-order valence-electron chi connectivity index (χ2n) is 5.34. The lowest BCUT2D eigenvalue weighted by Gasteiger charge is -2.07. The number of nitrogens with one attached hydrogen (secondary N) is 1. The van der Waals surface area contributed by atoms with Gasteiger partial charge < -0.3 is 11.1 Å². The second kappa shape index (κ2) is 9.82. The fourth-order valence-corrected chi connectivity index (χ4v) is 2.22. The molecule has 0 saturated heterocycles. The van der Waals surface area contributed by atoms with E-state index in [4.69, 9.17) is 11.0 Å². The van der Waals surface area contributed by atoms with E-state index in [-0.39, 0.29) is 5.91 Å². The summed E-state index contributed by atoms with van der Waals surface area (Å²) in [6.07, 6.45) is 8.78. The second-order valence-corrected chi connectivity index (χ2v) is 5.34. The van der Waals surface area contributed by atoms with Gasteiger partial charge in [-0.15, -0.1) is 0 Å². The molecule has 3 N–H and O–H groups in total. The van der Waals surface area contributed by atoms with Crippen LogP contribution in [0.4, 0.5) is 11.4 Å². The van der Waals surface area contributed by atoms with Crippen molar-refractivity contribution in [2.75, 3.05) is 11.1 Å². The summed E-state index contributed by atoms with van der Waals surface area (Å²) in [5.41, 5.74) is 7.09. The molecular formula is C17H25N3O. The largest absolute Gasteiger partial charge is 0.399 e. The number of nitrogens with zero attached hydrogens (tertiary/aromatic N) is 1. The molecule has 1 rings (SSSR count). The normalized spacial score (nSPS) is 10.1. The smallest absolute Gasteiger partial charge is 0.224 e. The van der Waals surface area contributed by atoms with Gasteiger partial charge in [0.15, 0.2) is 0 Å². The van der Waals surface area contributed by atoms with E-state index in [1.807, 2.05) is 6.07 Å². The van der Waals surface area contributed by atoms with E-state index in [2.05, 4.69) is 12.2 Å². The Kier molecular flexibility index (Phi) is 7.96. The maximum absolute atomic E-state index is 11.8. The molecule has 114 valence electrons. The molecule has 0 spiro atoms. The van der Waals surface area contributed by atoms with Gasteiger partial charge in [0, 0.05) is 12.1 Å². The first-order chi connectivity index (χ1) is 10.2. The lowest BCUT2D eigenvalue weighted by Crippen LogP contribution is -2.12. The van der Waals surface area contributed by atoms with Gasteiger partial charge in [-0.25, -0.2) is 0 Å². The molecule has 0 aliphatic rings. The van der Waals surface area contributed by atoms with Gasteiger partial charge >= 0.3 is 0 Å². The molecule has 0 radical (unpaired) electrons. The number of hydrogen-bond acceptors (Lipinski definition) is 3. The topological polar surface area (TPSA) is 78.9 Å². The summed E-state index contributed by atoms with van der Waals surface area (Å²) in [6.45, 7) is 2.21. The Balaban J connectivity index is 2.27. The number of carbonyl (C=O) groups is 1. The summed E-state index contributed by atoms with van der Waals surface area (Å²) in [5, 5.41) is 11.8. The molecule has 0 heterocycles. The van der Waals surface area contributed by atoms with Crippen molar-refractivity contribution in [3.8, 4) is 6.07 Å². The highest BCUT2D eigenvalue weighted by atomic mass is 16.1. The fraction of sp³-hybridized carbons (Fsp3) is 0.529. The third-order valence-electron chi connectivity index (χ3n) is 3.45. The van der Waals surface area contributed by atoms with Crippen molar-refractivity contribution in [3.63, 3.8) is 0 Å². The molecule has 1 aromatic carbocycles. The number of nitrogen functional groups attached to an aromatic ring is 1. The van der Waals surface area contributed by atoms with Crippen LogP contribution in [0.1, 0.15) is 63.9 Å². The van der Waals surface area contributed by atoms with Gasteiger partial charge in [0.25, 0.3) is 0 Å². The van der Waals surface area contributed by atoms with E-state index in [0.29, 0.717) is 23.4 Å². The third-order valence-corrected chi connectivity index (χ3v) is 3.45. The number of unbranched alkanes of at least 4 members (excludes halogenated alkanes) is 6. The number of rotatable bonds is 9. The van der Waals surface area contributed by atoms with Crippen LogP contribution in [-0.4, -0.2) is 5.91 Å². The van der Waals surface area contributed by atoms with Crippen LogP contribution < -0.4 is 11.1 Å². The Morgan fingerprint density at radius 2 is 1.86 bits per heavy atom. The first-order valence-corrected chi connectivity index (χ1v) is 7.77. The highest BCUT2D eigenvalue weighted by Crippen LogP contribution is 2.18. The predicted octanol–water partition coefficient (Wildman–Crippen LogP) is 4.22. The molecule has 0 aliphatic heterocycles. The van der Waals surface area contributed by atoms with Gasteiger partial charge in [0.1, 0.15) is 6.07 Å². The predicted molar refractivity (Wildman–Crippen MR) is 86.8 cm³/mol. The average Bonchev–Trinajstić information content (AvgIpc) is 2.48. The van der Waals surface area contributed by atoms with Crippen LogP contribution in [0.2, 0.25) is 0 Å². The highest BCUT2D eigenvalue weighted by molar-refractivity contribution is 5.92. The molecule has 0 bridgehead atoms. The Labute approximate surface area is 127 Å². The Hall–Kier alpha value is -2.02. The van der Waals surface area contributed by atoms with Gasteiger partial charge in [0.05, 0.1) is 11.3 Å². The maximum Gasteiger partial charge on any atom is 0.224 e. The lowest BCUT2D eigenvalue weighted by atomic mass is 10.1. The monoisotopic (exact) mass is 287 g/mol. The van der Waals surface area contributed by atoms with E-state index in [0.717, 1.165) is 12.8 Å². The number of nitrogens with two attached hydrogens (primary N) is 1. The first kappa shape index (κ1) is 17.0. The van der Waals surface area contributed by atoms with Crippen LogP contribution >= 0.6 is 0 Å². The molecule has 1 amide bonds. The number of anilines is 2. The van der Waals surface area contributed by atoms with E-state index in [9.17, 15) is 4.79 Å². The molecule has 0 unspecified atom stereocenters. The molecule has 0 fully saturated rings. The minimum atomic E-state index is -0.0372. The number of benzene rings is 1. The summed E-state index contributed by atoms with van der Waals surface area (Å²) in [4.78, 5) is 11.8. The van der Waals surface area contributed by atoms with Crippen molar-refractivity contribution in [2.24, 2.45) is 0 Å². The average molecular weight is 287 g/mol. The van der Waals surface area contributed by atoms with Gasteiger partial charge in [-0.3, -0.25) is 4.79 Å². The molecule has 0 aliphatic carbocycles. The van der Waals surface area contributed by atoms with Crippen LogP contribution in [0.3, 0.4) is 0 Å². The van der Waals surface area contributed by atoms with E-state index in [1.54, 1.807) is 18.2 Å². The summed E-state index contributed by atoms with van der Waals surface area (Å²) >= 11 is 0. The van der Waals surface area contributed by atoms with Crippen molar-refractivity contribution in [2.45, 2.75) is 58.3 Å². The number of carbonyl (C=O) groups excluding carboxylic acids is 1. The van der Waals surface area contributed by atoms with Crippen molar-refractivity contribution in [1.29, 1.82) is 5.26 Å². The molecule has 0 saturated carbocycles. The van der Waals surface area contributed by atoms with Crippen molar-refractivity contribution in [3.05, 3.63) is 23.8 Å². The zero-order chi connectivity index (χ0) is 15.5. The highest BCUT2D eigenvalue weighted by Gasteiger charge is 2.07. The summed E-state index contributed by atoms with van der Waals surface area (Å²) in [6, 6.07) is 6.98. The van der Waals surface area contributed by atoms with Gasteiger partial charge in [-0.2, -0.15) is 5.26 Å². The van der Waals surface area contributed by atoms with Crippen LogP contribution in [0, 0.1) is 11.3 Å². The van der Waals surface area contributed by atoms with Crippen molar-refractivity contribution in [1.82, 2.24) is 0 Å². The Morgan fingerprint density at radius 1 is 1.19 bits per heavy atom. The summed E-state index contributed by atoms with van der Waals surface area (Å²) in [5.74, 6) is -0.0372. The minimum Gasteiger partial charge on any atom is -0.399 e. The number of amides is 1. The standard InChI is InChI=1S/C17H25N3O/c1-2-3-4-5-6-7-8-9-17(21)20-16-11-10-15(19)12-14(16)13-18/h10-12H,2-9,19H2,1H3,(H,20,21). The quantitative estimate of drug-likeness (QED) is 0.527. The van der Waals surface area contributed by atoms with Gasteiger partial charge in [0.2, 0.25) is 5.91 Å². The fourth-order valence-electron chi connectivity index (χ4n) is 2.22. The van der Waals surface area contributed by atoms with E-state index >= 15 is 0 Å². The summed E-state index contributed by atoms with van der Waals surface area (Å²) < 4.78 is 0. The molecule has 1 aromatic rings. The third kappa shape index (κ3) is 6.80. The molecular weight excluding hydrogens is 262 g/mol. The van der Waals surface area contributed by atoms with E-state index in [1.165, 1.54) is 32.1 Å². The summed E-state index contributed by atoms with van der Waals surface area (Å²) in [7, 11) is 0. The lowest BCUT2D eigenvalue weighted by molar-refractivity contribution is -0.116. The van der Waals surface area contributed by atoms with Crippen LogP contribution in [0.15, 0.2) is 18.2 Å². The van der Waals surface area contributed by atoms with E-state index < -0.39 is 0 Å². The Bertz CT molecular complexity index is 491. The Morgan fingerprint density at radius 3 is 2.52 bits per heavy atom. The van der Waals surface area contributed by atoms with Gasteiger partial charge in [-0.1, -0.05) is 45.4 Å². The zero-order valence-corrected chi connectivity index (χ0v) is 12.8. The first-order valence-electron chi connectivity index (χ1n) is 7.77.